The van der Waals surface area contributed by atoms with Crippen LogP contribution in [0.4, 0.5) is 11.4 Å². The van der Waals surface area contributed by atoms with Crippen LogP contribution < -0.4 is 16.6 Å². The Morgan fingerprint density at radius 2 is 2.00 bits per heavy atom. The molecule has 0 fully saturated rings. The molecule has 0 unspecified atom stereocenters. The lowest BCUT2D eigenvalue weighted by Crippen LogP contribution is -2.20. The molecule has 1 heterocycles. The lowest BCUT2D eigenvalue weighted by molar-refractivity contribution is 0.102. The highest BCUT2D eigenvalue weighted by Crippen LogP contribution is 2.23. The van der Waals surface area contributed by atoms with Crippen molar-refractivity contribution >= 4 is 33.2 Å². The van der Waals surface area contributed by atoms with Crippen molar-refractivity contribution in [2.75, 3.05) is 10.7 Å². The second-order valence-electron chi connectivity index (χ2n) is 4.72. The molecule has 0 saturated carbocycles. The van der Waals surface area contributed by atoms with Crippen LogP contribution >= 0.6 is 15.9 Å². The largest absolute Gasteiger partial charge is 0.321 e. The fraction of sp³-hybridized carbons (Fsp3) is 0.214. The number of aromatic nitrogens is 2. The van der Waals surface area contributed by atoms with Gasteiger partial charge in [-0.15, -0.1) is 0 Å². The van der Waals surface area contributed by atoms with Crippen molar-refractivity contribution in [3.63, 3.8) is 0 Å². The van der Waals surface area contributed by atoms with Gasteiger partial charge in [-0.2, -0.15) is 0 Å². The third-order valence-corrected chi connectivity index (χ3v) is 3.51. The van der Waals surface area contributed by atoms with Crippen LogP contribution in [-0.2, 0) is 0 Å². The van der Waals surface area contributed by atoms with Gasteiger partial charge in [0.2, 0.25) is 0 Å². The predicted octanol–water partition coefficient (Wildman–Crippen LogP) is 2.90. The lowest BCUT2D eigenvalue weighted by atomic mass is 10.2. The monoisotopic (exact) mass is 349 g/mol. The molecule has 21 heavy (non-hydrogen) atoms. The van der Waals surface area contributed by atoms with E-state index in [4.69, 9.17) is 5.84 Å². The predicted molar refractivity (Wildman–Crippen MR) is 86.0 cm³/mol. The first kappa shape index (κ1) is 15.4. The number of nitrogens with one attached hydrogen (secondary N) is 2. The molecule has 0 aliphatic heterocycles. The fourth-order valence-corrected chi connectivity index (χ4v) is 2.08. The molecule has 1 amide bonds. The number of para-hydroxylation sites is 1. The van der Waals surface area contributed by atoms with E-state index >= 15 is 0 Å². The van der Waals surface area contributed by atoms with Crippen LogP contribution in [0.3, 0.4) is 0 Å². The van der Waals surface area contributed by atoms with Crippen molar-refractivity contribution < 1.29 is 4.79 Å². The van der Waals surface area contributed by atoms with Gasteiger partial charge in [0.1, 0.15) is 5.82 Å². The number of nitrogens with two attached hydrogens (primary N) is 1. The number of nitrogens with zero attached hydrogens (tertiary/aromatic N) is 2. The van der Waals surface area contributed by atoms with Crippen LogP contribution in [0.2, 0.25) is 0 Å². The Balaban J connectivity index is 2.34. The quantitative estimate of drug-likeness (QED) is 0.582. The van der Waals surface area contributed by atoms with E-state index in [-0.39, 0.29) is 17.5 Å². The molecule has 7 heteroatoms. The number of amides is 1. The second-order valence-corrected chi connectivity index (χ2v) is 5.58. The summed E-state index contributed by atoms with van der Waals surface area (Å²) >= 11 is 3.38. The molecule has 2 aromatic rings. The van der Waals surface area contributed by atoms with Gasteiger partial charge < -0.3 is 10.7 Å². The number of anilines is 2. The van der Waals surface area contributed by atoms with Gasteiger partial charge in [-0.1, -0.05) is 26.0 Å². The number of nitrogen functional groups attached to an aromatic ring is 1. The molecule has 0 bridgehead atoms. The maximum Gasteiger partial charge on any atom is 0.276 e. The number of halogens is 1. The zero-order valence-electron chi connectivity index (χ0n) is 11.7. The summed E-state index contributed by atoms with van der Waals surface area (Å²) in [6.45, 7) is 3.92. The number of carbonyl (C=O) groups excluding carboxylic acids is 1. The Morgan fingerprint density at radius 3 is 2.62 bits per heavy atom. The molecule has 0 aliphatic rings. The molecular weight excluding hydrogens is 334 g/mol. The smallest absolute Gasteiger partial charge is 0.276 e. The molecule has 1 aromatic heterocycles. The fourth-order valence-electron chi connectivity index (χ4n) is 1.70. The molecule has 0 atom stereocenters. The van der Waals surface area contributed by atoms with Crippen LogP contribution in [0.1, 0.15) is 36.1 Å². The first-order valence-electron chi connectivity index (χ1n) is 6.42. The normalized spacial score (nSPS) is 10.5. The van der Waals surface area contributed by atoms with E-state index in [1.807, 2.05) is 32.0 Å². The Bertz CT molecular complexity index is 660. The number of benzene rings is 1. The summed E-state index contributed by atoms with van der Waals surface area (Å²) in [6.07, 6.45) is 1.51. The van der Waals surface area contributed by atoms with Crippen molar-refractivity contribution in [2.45, 2.75) is 19.8 Å². The van der Waals surface area contributed by atoms with Crippen LogP contribution in [0.5, 0.6) is 0 Å². The van der Waals surface area contributed by atoms with Crippen molar-refractivity contribution in [2.24, 2.45) is 5.84 Å². The van der Waals surface area contributed by atoms with E-state index in [0.717, 1.165) is 4.47 Å². The molecule has 0 radical (unpaired) electrons. The molecular formula is C14H16BrN5O. The molecule has 4 N–H and O–H groups in total. The third kappa shape index (κ3) is 3.56. The van der Waals surface area contributed by atoms with Crippen LogP contribution in [-0.4, -0.2) is 15.9 Å². The number of hydrogen-bond acceptors (Lipinski definition) is 5. The average molecular weight is 350 g/mol. The molecule has 110 valence electrons. The zero-order chi connectivity index (χ0) is 15.4. The number of hydrazine groups is 1. The van der Waals surface area contributed by atoms with Crippen LogP contribution in [0.15, 0.2) is 34.9 Å². The van der Waals surface area contributed by atoms with Crippen LogP contribution in [0.25, 0.3) is 0 Å². The Morgan fingerprint density at radius 1 is 1.29 bits per heavy atom. The lowest BCUT2D eigenvalue weighted by Gasteiger charge is -2.12. The van der Waals surface area contributed by atoms with E-state index in [1.54, 1.807) is 6.07 Å². The van der Waals surface area contributed by atoms with E-state index in [0.29, 0.717) is 17.2 Å². The molecule has 0 aliphatic carbocycles. The highest BCUT2D eigenvalue weighted by molar-refractivity contribution is 9.10. The van der Waals surface area contributed by atoms with Gasteiger partial charge in [-0.05, 0) is 28.1 Å². The maximum absolute atomic E-state index is 12.4. The molecule has 0 saturated heterocycles. The molecule has 6 nitrogen and oxygen atoms in total. The summed E-state index contributed by atoms with van der Waals surface area (Å²) in [6, 6.07) is 7.34. The number of carbonyl (C=O) groups is 1. The Labute approximate surface area is 131 Å². The molecule has 2 rings (SSSR count). The molecule has 1 aromatic carbocycles. The minimum atomic E-state index is -0.348. The van der Waals surface area contributed by atoms with Gasteiger partial charge in [0.15, 0.2) is 5.69 Å². The maximum atomic E-state index is 12.4. The summed E-state index contributed by atoms with van der Waals surface area (Å²) < 4.78 is 0.791. The van der Waals surface area contributed by atoms with Gasteiger partial charge in [0.25, 0.3) is 5.91 Å². The van der Waals surface area contributed by atoms with Gasteiger partial charge >= 0.3 is 0 Å². The van der Waals surface area contributed by atoms with Crippen molar-refractivity contribution in [3.05, 3.63) is 46.5 Å². The van der Waals surface area contributed by atoms with E-state index < -0.39 is 0 Å². The first-order chi connectivity index (χ1) is 10.0. The topological polar surface area (TPSA) is 92.9 Å². The van der Waals surface area contributed by atoms with Gasteiger partial charge in [-0.25, -0.2) is 9.97 Å². The average Bonchev–Trinajstić information content (AvgIpc) is 2.48. The summed E-state index contributed by atoms with van der Waals surface area (Å²) in [5.74, 6) is 5.78. The number of hydrogen-bond donors (Lipinski definition) is 3. The highest BCUT2D eigenvalue weighted by Gasteiger charge is 2.17. The second kappa shape index (κ2) is 6.64. The highest BCUT2D eigenvalue weighted by atomic mass is 79.9. The van der Waals surface area contributed by atoms with Crippen molar-refractivity contribution in [3.8, 4) is 0 Å². The Hall–Kier alpha value is -1.99. The van der Waals surface area contributed by atoms with Crippen molar-refractivity contribution in [1.82, 2.24) is 9.97 Å². The SMILES string of the molecule is CC(C)c1ncc(NN)c(C(=O)Nc2ccccc2Br)n1. The van der Waals surface area contributed by atoms with Crippen LogP contribution in [0, 0.1) is 0 Å². The van der Waals surface area contributed by atoms with E-state index in [2.05, 4.69) is 36.6 Å². The summed E-state index contributed by atoms with van der Waals surface area (Å²) in [4.78, 5) is 20.9. The van der Waals surface area contributed by atoms with Gasteiger partial charge in [0, 0.05) is 10.4 Å². The van der Waals surface area contributed by atoms with Gasteiger partial charge in [0.05, 0.1) is 17.6 Å². The van der Waals surface area contributed by atoms with E-state index in [9.17, 15) is 4.79 Å². The molecule has 0 spiro atoms. The standard InChI is InChI=1S/C14H16BrN5O/c1-8(2)13-17-7-11(20-16)12(19-13)14(21)18-10-6-4-3-5-9(10)15/h3-8,20H,16H2,1-2H3,(H,18,21). The first-order valence-corrected chi connectivity index (χ1v) is 7.21. The van der Waals surface area contributed by atoms with E-state index in [1.165, 1.54) is 6.20 Å². The van der Waals surface area contributed by atoms with Crippen molar-refractivity contribution in [1.29, 1.82) is 0 Å². The third-order valence-electron chi connectivity index (χ3n) is 2.82. The summed E-state index contributed by atoms with van der Waals surface area (Å²) in [5, 5.41) is 2.80. The Kier molecular flexibility index (Phi) is 4.87. The number of rotatable bonds is 4. The summed E-state index contributed by atoms with van der Waals surface area (Å²) in [5.41, 5.74) is 3.70. The summed E-state index contributed by atoms with van der Waals surface area (Å²) in [7, 11) is 0. The zero-order valence-corrected chi connectivity index (χ0v) is 13.3. The minimum absolute atomic E-state index is 0.117. The van der Waals surface area contributed by atoms with Gasteiger partial charge in [-0.3, -0.25) is 10.6 Å². The minimum Gasteiger partial charge on any atom is -0.321 e.